The molecule has 0 aromatic heterocycles. The first-order valence-corrected chi connectivity index (χ1v) is 12.3. The summed E-state index contributed by atoms with van der Waals surface area (Å²) in [6.07, 6.45) is 3.91. The predicted octanol–water partition coefficient (Wildman–Crippen LogP) is 3.75. The topological polar surface area (TPSA) is 78.4 Å². The van der Waals surface area contributed by atoms with E-state index in [1.807, 2.05) is 13.8 Å². The van der Waals surface area contributed by atoms with Gasteiger partial charge in [0.05, 0.1) is 11.9 Å². The van der Waals surface area contributed by atoms with E-state index in [1.165, 1.54) is 12.1 Å². The standard InChI is InChI=1S/C22H37FN2O3S/c1-16(2)15-29(27,28)25-20-10-8-17(9-11-20)13-22(3,4)24-14-21(26)18-6-5-7-19(23)12-18/h5-7,12,16-17,20-21,24-26H,8-11,13-15H2,1-4H3/t17?,20?,21-/m0/s1. The largest absolute Gasteiger partial charge is 0.387 e. The third kappa shape index (κ3) is 8.70. The first kappa shape index (κ1) is 24.3. The van der Waals surface area contributed by atoms with Gasteiger partial charge in [-0.05, 0) is 75.5 Å². The van der Waals surface area contributed by atoms with Crippen LogP contribution in [0.4, 0.5) is 4.39 Å². The van der Waals surface area contributed by atoms with Crippen LogP contribution < -0.4 is 10.0 Å². The monoisotopic (exact) mass is 428 g/mol. The lowest BCUT2D eigenvalue weighted by Crippen LogP contribution is -2.45. The summed E-state index contributed by atoms with van der Waals surface area (Å²) in [7, 11) is -3.20. The molecule has 0 saturated heterocycles. The molecule has 29 heavy (non-hydrogen) atoms. The van der Waals surface area contributed by atoms with Crippen molar-refractivity contribution in [3.8, 4) is 0 Å². The van der Waals surface area contributed by atoms with Gasteiger partial charge in [0, 0.05) is 18.1 Å². The lowest BCUT2D eigenvalue weighted by Gasteiger charge is -2.35. The molecule has 1 aliphatic carbocycles. The average molecular weight is 429 g/mol. The van der Waals surface area contributed by atoms with Crippen LogP contribution in [0.2, 0.25) is 0 Å². The fraction of sp³-hybridized carbons (Fsp3) is 0.727. The van der Waals surface area contributed by atoms with Crippen LogP contribution in [0.25, 0.3) is 0 Å². The van der Waals surface area contributed by atoms with E-state index in [0.717, 1.165) is 32.1 Å². The highest BCUT2D eigenvalue weighted by Crippen LogP contribution is 2.31. The van der Waals surface area contributed by atoms with Crippen molar-refractivity contribution in [3.63, 3.8) is 0 Å². The van der Waals surface area contributed by atoms with Crippen molar-refractivity contribution in [2.45, 2.75) is 77.5 Å². The molecule has 1 fully saturated rings. The predicted molar refractivity (Wildman–Crippen MR) is 116 cm³/mol. The Morgan fingerprint density at radius 3 is 2.45 bits per heavy atom. The third-order valence-corrected chi connectivity index (χ3v) is 7.35. The minimum absolute atomic E-state index is 0.0425. The molecule has 0 radical (unpaired) electrons. The molecular weight excluding hydrogens is 391 g/mol. The van der Waals surface area contributed by atoms with Crippen molar-refractivity contribution in [2.24, 2.45) is 11.8 Å². The smallest absolute Gasteiger partial charge is 0.212 e. The second-order valence-electron chi connectivity index (χ2n) is 9.55. The van der Waals surface area contributed by atoms with Crippen molar-refractivity contribution < 1.29 is 17.9 Å². The van der Waals surface area contributed by atoms with Crippen LogP contribution in [0.1, 0.15) is 71.5 Å². The molecule has 0 unspecified atom stereocenters. The molecule has 1 aromatic carbocycles. The number of β-amino-alcohol motifs (C(OH)–C–C–N with tert-alkyl or cyclic N) is 1. The molecule has 2 rings (SSSR count). The highest BCUT2D eigenvalue weighted by Gasteiger charge is 2.29. The van der Waals surface area contributed by atoms with Crippen LogP contribution in [0.15, 0.2) is 24.3 Å². The zero-order valence-electron chi connectivity index (χ0n) is 18.1. The summed E-state index contributed by atoms with van der Waals surface area (Å²) in [4.78, 5) is 0. The van der Waals surface area contributed by atoms with Crippen LogP contribution in [0.5, 0.6) is 0 Å². The minimum atomic E-state index is -3.20. The maximum Gasteiger partial charge on any atom is 0.212 e. The zero-order chi connectivity index (χ0) is 21.7. The van der Waals surface area contributed by atoms with Crippen LogP contribution in [-0.2, 0) is 10.0 Å². The van der Waals surface area contributed by atoms with Gasteiger partial charge in [0.25, 0.3) is 0 Å². The number of aliphatic hydroxyl groups is 1. The lowest BCUT2D eigenvalue weighted by atomic mass is 9.79. The van der Waals surface area contributed by atoms with Crippen molar-refractivity contribution in [1.82, 2.24) is 10.0 Å². The van der Waals surface area contributed by atoms with E-state index < -0.39 is 16.1 Å². The Balaban J connectivity index is 1.77. The molecular formula is C22H37FN2O3S. The van der Waals surface area contributed by atoms with E-state index in [9.17, 15) is 17.9 Å². The van der Waals surface area contributed by atoms with E-state index in [-0.39, 0.29) is 29.1 Å². The van der Waals surface area contributed by atoms with E-state index in [4.69, 9.17) is 0 Å². The van der Waals surface area contributed by atoms with Gasteiger partial charge in [-0.3, -0.25) is 0 Å². The Kier molecular flexibility index (Phi) is 8.64. The minimum Gasteiger partial charge on any atom is -0.387 e. The molecule has 7 heteroatoms. The van der Waals surface area contributed by atoms with Crippen LogP contribution in [0, 0.1) is 17.7 Å². The van der Waals surface area contributed by atoms with Crippen molar-refractivity contribution in [2.75, 3.05) is 12.3 Å². The maximum atomic E-state index is 13.3. The molecule has 0 spiro atoms. The molecule has 5 nitrogen and oxygen atoms in total. The molecule has 1 saturated carbocycles. The summed E-state index contributed by atoms with van der Waals surface area (Å²) < 4.78 is 40.5. The fourth-order valence-electron chi connectivity index (χ4n) is 4.22. The second-order valence-corrected chi connectivity index (χ2v) is 11.3. The Labute approximate surface area is 175 Å². The molecule has 1 aromatic rings. The van der Waals surface area contributed by atoms with Gasteiger partial charge in [-0.15, -0.1) is 0 Å². The van der Waals surface area contributed by atoms with Gasteiger partial charge >= 0.3 is 0 Å². The summed E-state index contributed by atoms with van der Waals surface area (Å²) in [6.45, 7) is 8.42. The molecule has 1 aliphatic rings. The second kappa shape index (κ2) is 10.3. The van der Waals surface area contributed by atoms with Crippen molar-refractivity contribution >= 4 is 10.0 Å². The van der Waals surface area contributed by atoms with Gasteiger partial charge in [-0.2, -0.15) is 0 Å². The lowest BCUT2D eigenvalue weighted by molar-refractivity contribution is 0.149. The maximum absolute atomic E-state index is 13.3. The van der Waals surface area contributed by atoms with Gasteiger partial charge in [-0.25, -0.2) is 17.5 Å². The molecule has 3 N–H and O–H groups in total. The van der Waals surface area contributed by atoms with E-state index in [1.54, 1.807) is 12.1 Å². The Hall–Kier alpha value is -1.02. The highest BCUT2D eigenvalue weighted by atomic mass is 32.2. The summed E-state index contributed by atoms with van der Waals surface area (Å²) in [5.74, 6) is 0.479. The molecule has 1 atom stereocenters. The quantitative estimate of drug-likeness (QED) is 0.530. The number of nitrogens with one attached hydrogen (secondary N) is 2. The number of rotatable bonds is 10. The Morgan fingerprint density at radius 1 is 1.21 bits per heavy atom. The van der Waals surface area contributed by atoms with Gasteiger partial charge in [0.15, 0.2) is 0 Å². The molecule has 0 heterocycles. The van der Waals surface area contributed by atoms with Gasteiger partial charge in [-0.1, -0.05) is 26.0 Å². The number of benzene rings is 1. The fourth-order valence-corrected chi connectivity index (χ4v) is 5.94. The number of sulfonamides is 1. The van der Waals surface area contributed by atoms with Crippen LogP contribution in [-0.4, -0.2) is 37.4 Å². The summed E-state index contributed by atoms with van der Waals surface area (Å²) in [5.41, 5.74) is 0.408. The van der Waals surface area contributed by atoms with Crippen molar-refractivity contribution in [3.05, 3.63) is 35.6 Å². The summed E-state index contributed by atoms with van der Waals surface area (Å²) in [5, 5.41) is 13.7. The van der Waals surface area contributed by atoms with Gasteiger partial charge in [0.1, 0.15) is 5.82 Å². The number of halogens is 1. The SMILES string of the molecule is CC(C)CS(=O)(=O)NC1CCC(CC(C)(C)NC[C@H](O)c2cccc(F)c2)CC1. The summed E-state index contributed by atoms with van der Waals surface area (Å²) >= 11 is 0. The van der Waals surface area contributed by atoms with Gasteiger partial charge in [0.2, 0.25) is 10.0 Å². The molecule has 0 bridgehead atoms. The molecule has 0 amide bonds. The number of hydrogen-bond acceptors (Lipinski definition) is 4. The normalized spacial score (nSPS) is 22.0. The highest BCUT2D eigenvalue weighted by molar-refractivity contribution is 7.89. The number of aliphatic hydroxyl groups excluding tert-OH is 1. The Morgan fingerprint density at radius 2 is 1.86 bits per heavy atom. The Bertz CT molecular complexity index is 744. The van der Waals surface area contributed by atoms with E-state index >= 15 is 0 Å². The summed E-state index contributed by atoms with van der Waals surface area (Å²) in [6, 6.07) is 6.10. The van der Waals surface area contributed by atoms with E-state index in [2.05, 4.69) is 23.9 Å². The van der Waals surface area contributed by atoms with Crippen LogP contribution >= 0.6 is 0 Å². The first-order chi connectivity index (χ1) is 13.5. The van der Waals surface area contributed by atoms with Gasteiger partial charge < -0.3 is 10.4 Å². The molecule has 0 aliphatic heterocycles. The first-order valence-electron chi connectivity index (χ1n) is 10.6. The average Bonchev–Trinajstić information content (AvgIpc) is 2.60. The van der Waals surface area contributed by atoms with Crippen molar-refractivity contribution in [1.29, 1.82) is 0 Å². The van der Waals surface area contributed by atoms with E-state index in [0.29, 0.717) is 18.0 Å². The zero-order valence-corrected chi connectivity index (χ0v) is 18.9. The van der Waals surface area contributed by atoms with Crippen LogP contribution in [0.3, 0.4) is 0 Å². The molecule has 166 valence electrons. The third-order valence-electron chi connectivity index (χ3n) is 5.55. The number of hydrogen-bond donors (Lipinski definition) is 3.